The number of aromatic nitrogens is 1. The lowest BCUT2D eigenvalue weighted by atomic mass is 10.2. The molecule has 6 nitrogen and oxygen atoms in total. The Morgan fingerprint density at radius 1 is 0.906 bits per heavy atom. The molecule has 32 heavy (non-hydrogen) atoms. The van der Waals surface area contributed by atoms with Crippen molar-refractivity contribution in [1.82, 2.24) is 4.98 Å². The third-order valence-electron chi connectivity index (χ3n) is 4.78. The zero-order valence-electron chi connectivity index (χ0n) is 17.8. The molecule has 0 fully saturated rings. The molecule has 0 unspecified atom stereocenters. The maximum absolute atomic E-state index is 12.5. The summed E-state index contributed by atoms with van der Waals surface area (Å²) in [6.45, 7) is 3.98. The van der Waals surface area contributed by atoms with Crippen molar-refractivity contribution in [3.05, 3.63) is 90.1 Å². The average molecular weight is 450 g/mol. The van der Waals surface area contributed by atoms with Crippen LogP contribution in [0.2, 0.25) is 0 Å². The van der Waals surface area contributed by atoms with Crippen LogP contribution in [-0.4, -0.2) is 20.0 Å². The van der Waals surface area contributed by atoms with Gasteiger partial charge in [-0.1, -0.05) is 36.4 Å². The van der Waals surface area contributed by atoms with Crippen LogP contribution in [0.4, 0.5) is 0 Å². The summed E-state index contributed by atoms with van der Waals surface area (Å²) < 4.78 is 42.0. The van der Waals surface area contributed by atoms with E-state index in [4.69, 9.17) is 13.7 Å². The third kappa shape index (κ3) is 4.90. The number of rotatable bonds is 8. The molecule has 4 aromatic rings. The standard InChI is InChI=1S/C25H23NO5S/c1-3-30-32(27,28)25-12-9-18(2)15-24(25)31-23-13-14-26-22-16-20(10-11-21(22)23)29-17-19-7-5-4-6-8-19/h4-16H,3,17H2,1-2H3. The van der Waals surface area contributed by atoms with Crippen LogP contribution in [0.15, 0.2) is 83.9 Å². The minimum Gasteiger partial charge on any atom is -0.489 e. The number of fused-ring (bicyclic) bond motifs is 1. The Bertz CT molecular complexity index is 1340. The molecule has 0 aliphatic heterocycles. The highest BCUT2D eigenvalue weighted by Gasteiger charge is 2.21. The fourth-order valence-electron chi connectivity index (χ4n) is 3.26. The van der Waals surface area contributed by atoms with Crippen molar-refractivity contribution in [2.45, 2.75) is 25.3 Å². The topological polar surface area (TPSA) is 74.7 Å². The van der Waals surface area contributed by atoms with Gasteiger partial charge in [0.05, 0.1) is 12.1 Å². The van der Waals surface area contributed by atoms with E-state index in [9.17, 15) is 8.42 Å². The van der Waals surface area contributed by atoms with Crippen LogP contribution in [0.5, 0.6) is 17.2 Å². The first-order chi connectivity index (χ1) is 15.5. The molecule has 1 aromatic heterocycles. The normalized spacial score (nSPS) is 11.4. The molecule has 0 atom stereocenters. The van der Waals surface area contributed by atoms with Crippen LogP contribution in [0, 0.1) is 6.92 Å². The Kier molecular flexibility index (Phi) is 6.39. The summed E-state index contributed by atoms with van der Waals surface area (Å²) in [6, 6.07) is 22.0. The third-order valence-corrected chi connectivity index (χ3v) is 6.21. The zero-order chi connectivity index (χ0) is 22.6. The van der Waals surface area contributed by atoms with Gasteiger partial charge >= 0.3 is 10.1 Å². The van der Waals surface area contributed by atoms with Crippen LogP contribution in [0.25, 0.3) is 10.9 Å². The summed E-state index contributed by atoms with van der Waals surface area (Å²) in [5.74, 6) is 1.37. The van der Waals surface area contributed by atoms with Crippen molar-refractivity contribution in [3.8, 4) is 17.2 Å². The second-order valence-electron chi connectivity index (χ2n) is 7.18. The fourth-order valence-corrected chi connectivity index (χ4v) is 4.28. The summed E-state index contributed by atoms with van der Waals surface area (Å²) >= 11 is 0. The van der Waals surface area contributed by atoms with Crippen LogP contribution in [-0.2, 0) is 20.9 Å². The lowest BCUT2D eigenvalue weighted by Gasteiger charge is -2.14. The summed E-state index contributed by atoms with van der Waals surface area (Å²) in [4.78, 5) is 4.40. The Morgan fingerprint density at radius 3 is 2.50 bits per heavy atom. The molecule has 0 saturated carbocycles. The largest absolute Gasteiger partial charge is 0.489 e. The van der Waals surface area contributed by atoms with Gasteiger partial charge in [0.15, 0.2) is 0 Å². The minimum absolute atomic E-state index is 0.0160. The van der Waals surface area contributed by atoms with Gasteiger partial charge in [-0.05, 0) is 55.3 Å². The van der Waals surface area contributed by atoms with Crippen molar-refractivity contribution >= 4 is 21.0 Å². The first kappa shape index (κ1) is 21.8. The molecule has 0 amide bonds. The van der Waals surface area contributed by atoms with Crippen molar-refractivity contribution in [3.63, 3.8) is 0 Å². The second-order valence-corrected chi connectivity index (χ2v) is 8.76. The number of nitrogens with zero attached hydrogens (tertiary/aromatic N) is 1. The zero-order valence-corrected chi connectivity index (χ0v) is 18.6. The maximum atomic E-state index is 12.5. The molecule has 0 spiro atoms. The van der Waals surface area contributed by atoms with E-state index in [1.807, 2.05) is 55.5 Å². The van der Waals surface area contributed by atoms with Gasteiger partial charge in [-0.3, -0.25) is 9.17 Å². The molecule has 3 aromatic carbocycles. The van der Waals surface area contributed by atoms with Gasteiger partial charge < -0.3 is 9.47 Å². The van der Waals surface area contributed by atoms with Gasteiger partial charge in [-0.2, -0.15) is 8.42 Å². The number of hydrogen-bond donors (Lipinski definition) is 0. The van der Waals surface area contributed by atoms with E-state index < -0.39 is 10.1 Å². The molecule has 0 N–H and O–H groups in total. The van der Waals surface area contributed by atoms with Gasteiger partial charge in [-0.25, -0.2) is 0 Å². The smallest absolute Gasteiger partial charge is 0.300 e. The molecular weight excluding hydrogens is 426 g/mol. The van der Waals surface area contributed by atoms with E-state index in [1.165, 1.54) is 6.07 Å². The highest BCUT2D eigenvalue weighted by atomic mass is 32.2. The molecule has 0 aliphatic carbocycles. The number of benzene rings is 3. The molecule has 7 heteroatoms. The van der Waals surface area contributed by atoms with E-state index in [0.29, 0.717) is 23.6 Å². The Balaban J connectivity index is 1.64. The second kappa shape index (κ2) is 9.38. The molecule has 1 heterocycles. The van der Waals surface area contributed by atoms with Gasteiger partial charge in [0, 0.05) is 17.6 Å². The molecular formula is C25H23NO5S. The predicted molar refractivity (Wildman–Crippen MR) is 123 cm³/mol. The van der Waals surface area contributed by atoms with E-state index in [0.717, 1.165) is 16.5 Å². The molecule has 0 bridgehead atoms. The van der Waals surface area contributed by atoms with Crippen molar-refractivity contribution < 1.29 is 22.1 Å². The SMILES string of the molecule is CCOS(=O)(=O)c1ccc(C)cc1Oc1ccnc2cc(OCc3ccccc3)ccc12. The van der Waals surface area contributed by atoms with Gasteiger partial charge in [0.1, 0.15) is 28.8 Å². The Morgan fingerprint density at radius 2 is 1.72 bits per heavy atom. The van der Waals surface area contributed by atoms with E-state index in [1.54, 1.807) is 31.3 Å². The monoisotopic (exact) mass is 449 g/mol. The molecule has 0 radical (unpaired) electrons. The number of pyridine rings is 1. The fraction of sp³-hybridized carbons (Fsp3) is 0.160. The summed E-state index contributed by atoms with van der Waals surface area (Å²) in [6.07, 6.45) is 1.62. The molecule has 0 saturated heterocycles. The van der Waals surface area contributed by atoms with Crippen molar-refractivity contribution in [1.29, 1.82) is 0 Å². The lowest BCUT2D eigenvalue weighted by molar-refractivity contribution is 0.306. The summed E-state index contributed by atoms with van der Waals surface area (Å²) in [5, 5.41) is 0.737. The van der Waals surface area contributed by atoms with E-state index in [-0.39, 0.29) is 17.3 Å². The molecule has 4 rings (SSSR count). The van der Waals surface area contributed by atoms with Crippen molar-refractivity contribution in [2.75, 3.05) is 6.61 Å². The predicted octanol–water partition coefficient (Wildman–Crippen LogP) is 5.64. The minimum atomic E-state index is -3.93. The van der Waals surface area contributed by atoms with Gasteiger partial charge in [0.2, 0.25) is 0 Å². The van der Waals surface area contributed by atoms with E-state index >= 15 is 0 Å². The van der Waals surface area contributed by atoms with Crippen LogP contribution in [0.1, 0.15) is 18.1 Å². The number of aryl methyl sites for hydroxylation is 1. The van der Waals surface area contributed by atoms with Crippen molar-refractivity contribution in [2.24, 2.45) is 0 Å². The first-order valence-electron chi connectivity index (χ1n) is 10.2. The Labute approximate surface area is 187 Å². The highest BCUT2D eigenvalue weighted by Crippen LogP contribution is 2.35. The Hall–Kier alpha value is -3.42. The first-order valence-corrected chi connectivity index (χ1v) is 11.6. The quantitative estimate of drug-likeness (QED) is 0.324. The number of ether oxygens (including phenoxy) is 2. The number of hydrogen-bond acceptors (Lipinski definition) is 6. The van der Waals surface area contributed by atoms with Crippen LogP contribution >= 0.6 is 0 Å². The highest BCUT2D eigenvalue weighted by molar-refractivity contribution is 7.86. The van der Waals surface area contributed by atoms with Gasteiger partial charge in [-0.15, -0.1) is 0 Å². The van der Waals surface area contributed by atoms with Crippen LogP contribution < -0.4 is 9.47 Å². The summed E-state index contributed by atoms with van der Waals surface area (Å²) in [5.41, 5.74) is 2.61. The molecule has 0 aliphatic rings. The van der Waals surface area contributed by atoms with Crippen LogP contribution in [0.3, 0.4) is 0 Å². The van der Waals surface area contributed by atoms with Gasteiger partial charge in [0.25, 0.3) is 0 Å². The molecule has 164 valence electrons. The lowest BCUT2D eigenvalue weighted by Crippen LogP contribution is -2.07. The average Bonchev–Trinajstić information content (AvgIpc) is 2.78. The maximum Gasteiger partial charge on any atom is 0.300 e. The van der Waals surface area contributed by atoms with E-state index in [2.05, 4.69) is 4.98 Å². The summed E-state index contributed by atoms with van der Waals surface area (Å²) in [7, 11) is -3.93.